The van der Waals surface area contributed by atoms with Crippen LogP contribution in [0.5, 0.6) is 0 Å². The molecule has 1 saturated heterocycles. The number of rotatable bonds is 1. The third-order valence-corrected chi connectivity index (χ3v) is 2.00. The zero-order valence-electron chi connectivity index (χ0n) is 8.23. The molecule has 1 aliphatic heterocycles. The summed E-state index contributed by atoms with van der Waals surface area (Å²) in [5.74, 6) is -1.20. The highest BCUT2D eigenvalue weighted by Gasteiger charge is 2.49. The molecule has 82 valence electrons. The highest BCUT2D eigenvalue weighted by Crippen LogP contribution is 2.26. The number of carbonyl (C=O) groups excluding carboxylic acids is 1. The van der Waals surface area contributed by atoms with Crippen LogP contribution in [0.1, 0.15) is 6.92 Å². The number of hydrogen-bond acceptors (Lipinski definition) is 6. The Bertz CT molecular complexity index is 415. The van der Waals surface area contributed by atoms with Gasteiger partial charge in [0.2, 0.25) is 12.1 Å². The van der Waals surface area contributed by atoms with Crippen LogP contribution in [-0.4, -0.2) is 25.8 Å². The number of nitrogens with one attached hydrogen (secondary N) is 1. The Morgan fingerprint density at radius 3 is 3.00 bits per heavy atom. The van der Waals surface area contributed by atoms with Gasteiger partial charge in [-0.15, -0.1) is 4.99 Å². The first-order chi connectivity index (χ1) is 7.54. The average Bonchev–Trinajstić information content (AvgIpc) is 2.24. The maximum atomic E-state index is 12.7. The van der Waals surface area contributed by atoms with E-state index in [9.17, 15) is 9.11 Å². The number of hydrogen-bond donors (Lipinski definition) is 1. The van der Waals surface area contributed by atoms with Crippen LogP contribution in [0.25, 0.3) is 0 Å². The lowest BCUT2D eigenvalue weighted by Gasteiger charge is -2.31. The molecule has 0 aliphatic carbocycles. The molecule has 0 saturated carbocycles. The molecule has 1 fully saturated rings. The van der Waals surface area contributed by atoms with Crippen LogP contribution >= 0.6 is 0 Å². The predicted octanol–water partition coefficient (Wildman–Crippen LogP) is -0.529. The molecule has 16 heavy (non-hydrogen) atoms. The topological polar surface area (TPSA) is 108 Å². The van der Waals surface area contributed by atoms with Crippen molar-refractivity contribution in [3.05, 3.63) is 0 Å². The lowest BCUT2D eigenvalue weighted by atomic mass is 9.87. The summed E-state index contributed by atoms with van der Waals surface area (Å²) in [7, 11) is -2.07. The molecule has 0 aromatic rings. The van der Waals surface area contributed by atoms with Gasteiger partial charge in [0.05, 0.1) is 6.61 Å². The van der Waals surface area contributed by atoms with Crippen molar-refractivity contribution >= 4 is 19.2 Å². The molecule has 0 aromatic carbocycles. The maximum Gasteiger partial charge on any atom is 0.755 e. The predicted molar refractivity (Wildman–Crippen MR) is 48.8 cm³/mol. The van der Waals surface area contributed by atoms with Crippen molar-refractivity contribution in [1.29, 1.82) is 10.5 Å². The second-order valence-electron chi connectivity index (χ2n) is 3.12. The fraction of sp³-hybridized carbons (Fsp3) is 0.429. The largest absolute Gasteiger partial charge is 0.755 e. The maximum absolute atomic E-state index is 12.7. The molecule has 0 radical (unpaired) electrons. The highest BCUT2D eigenvalue weighted by molar-refractivity contribution is 6.40. The van der Waals surface area contributed by atoms with E-state index in [0.29, 0.717) is 0 Å². The van der Waals surface area contributed by atoms with Gasteiger partial charge in [0.15, 0.2) is 6.19 Å². The Hall–Kier alpha value is -2.13. The molecular weight excluding hydrogens is 218 g/mol. The van der Waals surface area contributed by atoms with E-state index in [4.69, 9.17) is 10.5 Å². The summed E-state index contributed by atoms with van der Waals surface area (Å²) in [5.41, 5.74) is -1.49. The van der Waals surface area contributed by atoms with Gasteiger partial charge in [-0.2, -0.15) is 10.5 Å². The molecule has 9 heteroatoms. The summed E-state index contributed by atoms with van der Waals surface area (Å²) in [6, 6.07) is 0. The average molecular weight is 224 g/mol. The highest BCUT2D eigenvalue weighted by atomic mass is 19.1. The summed E-state index contributed by atoms with van der Waals surface area (Å²) in [6.07, 6.45) is 2.81. The SMILES string of the molecule is CC1(C(=O)NC#N)COB(F)O/C1=N\C#N. The van der Waals surface area contributed by atoms with Gasteiger partial charge in [0.1, 0.15) is 5.41 Å². The standard InChI is InChI=1S/C7H6BFN4O3/c1-7(5(14)12-3-10)2-15-8(9)16-6(7)13-4-11/h2H2,1H3,(H,12,14)/b13-6-. The molecule has 1 rings (SSSR count). The van der Waals surface area contributed by atoms with Crippen molar-refractivity contribution in [3.8, 4) is 12.4 Å². The zero-order valence-corrected chi connectivity index (χ0v) is 8.23. The summed E-state index contributed by atoms with van der Waals surface area (Å²) in [6.45, 7) is 0.948. The molecule has 7 nitrogen and oxygen atoms in total. The van der Waals surface area contributed by atoms with Crippen molar-refractivity contribution in [2.45, 2.75) is 6.92 Å². The Balaban J connectivity index is 3.01. The van der Waals surface area contributed by atoms with E-state index < -0.39 is 24.6 Å². The van der Waals surface area contributed by atoms with Crippen molar-refractivity contribution in [2.24, 2.45) is 10.4 Å². The molecule has 1 aliphatic rings. The van der Waals surface area contributed by atoms with E-state index in [2.05, 4.69) is 14.3 Å². The Kier molecular flexibility index (Phi) is 3.43. The molecule has 1 amide bonds. The normalized spacial score (nSPS) is 26.5. The molecule has 0 spiro atoms. The van der Waals surface area contributed by atoms with Crippen LogP contribution in [0.2, 0.25) is 0 Å². The summed E-state index contributed by atoms with van der Waals surface area (Å²) in [5, 5.41) is 18.5. The van der Waals surface area contributed by atoms with Gasteiger partial charge in [0, 0.05) is 0 Å². The van der Waals surface area contributed by atoms with E-state index in [1.165, 1.54) is 19.3 Å². The van der Waals surface area contributed by atoms with Crippen LogP contribution in [0.4, 0.5) is 4.32 Å². The van der Waals surface area contributed by atoms with Gasteiger partial charge >= 0.3 is 7.40 Å². The second-order valence-corrected chi connectivity index (χ2v) is 3.12. The summed E-state index contributed by atoms with van der Waals surface area (Å²) < 4.78 is 21.7. The smallest absolute Gasteiger partial charge is 0.496 e. The van der Waals surface area contributed by atoms with Gasteiger partial charge in [0.25, 0.3) is 5.91 Å². The van der Waals surface area contributed by atoms with Gasteiger partial charge in [-0.3, -0.25) is 10.1 Å². The molecule has 1 N–H and O–H groups in total. The first-order valence-electron chi connectivity index (χ1n) is 4.13. The van der Waals surface area contributed by atoms with Crippen LogP contribution in [0, 0.1) is 28.3 Å². The fourth-order valence-electron chi connectivity index (χ4n) is 1.09. The Morgan fingerprint density at radius 2 is 2.44 bits per heavy atom. The van der Waals surface area contributed by atoms with Crippen LogP contribution in [-0.2, 0) is 14.1 Å². The molecule has 1 heterocycles. The molecule has 0 aromatic heterocycles. The lowest BCUT2D eigenvalue weighted by molar-refractivity contribution is -0.128. The van der Waals surface area contributed by atoms with E-state index in [1.807, 2.05) is 5.32 Å². The molecule has 1 unspecified atom stereocenters. The Labute approximate surface area is 90.6 Å². The van der Waals surface area contributed by atoms with Gasteiger partial charge in [-0.1, -0.05) is 0 Å². The number of amides is 1. The van der Waals surface area contributed by atoms with E-state index in [-0.39, 0.29) is 6.61 Å². The molecular formula is C7H6BFN4O3. The van der Waals surface area contributed by atoms with Crippen LogP contribution in [0.15, 0.2) is 4.99 Å². The summed E-state index contributed by atoms with van der Waals surface area (Å²) >= 11 is 0. The van der Waals surface area contributed by atoms with E-state index >= 15 is 0 Å². The van der Waals surface area contributed by atoms with Gasteiger partial charge in [-0.05, 0) is 6.92 Å². The minimum Gasteiger partial charge on any atom is -0.496 e. The minimum atomic E-state index is -2.07. The van der Waals surface area contributed by atoms with Crippen LogP contribution in [0.3, 0.4) is 0 Å². The van der Waals surface area contributed by atoms with E-state index in [1.54, 1.807) is 0 Å². The number of nitriles is 2. The number of carbonyl (C=O) groups is 1. The lowest BCUT2D eigenvalue weighted by Crippen LogP contribution is -2.53. The van der Waals surface area contributed by atoms with Gasteiger partial charge < -0.3 is 9.31 Å². The first-order valence-corrected chi connectivity index (χ1v) is 4.13. The summed E-state index contributed by atoms with van der Waals surface area (Å²) in [4.78, 5) is 14.7. The van der Waals surface area contributed by atoms with Crippen molar-refractivity contribution in [2.75, 3.05) is 6.61 Å². The number of halogens is 1. The van der Waals surface area contributed by atoms with Crippen LogP contribution < -0.4 is 5.32 Å². The minimum absolute atomic E-state index is 0.373. The second kappa shape index (κ2) is 4.60. The zero-order chi connectivity index (χ0) is 12.2. The van der Waals surface area contributed by atoms with Crippen molar-refractivity contribution in [1.82, 2.24) is 5.32 Å². The first kappa shape index (κ1) is 11.9. The Morgan fingerprint density at radius 1 is 1.75 bits per heavy atom. The van der Waals surface area contributed by atoms with E-state index in [0.717, 1.165) is 0 Å². The molecule has 1 atom stereocenters. The quantitative estimate of drug-likeness (QED) is 0.366. The van der Waals surface area contributed by atoms with Crippen molar-refractivity contribution < 1.29 is 18.4 Å². The fourth-order valence-corrected chi connectivity index (χ4v) is 1.09. The monoisotopic (exact) mass is 224 g/mol. The van der Waals surface area contributed by atoms with Crippen molar-refractivity contribution in [3.63, 3.8) is 0 Å². The van der Waals surface area contributed by atoms with Gasteiger partial charge in [-0.25, -0.2) is 4.32 Å². The number of nitrogens with zero attached hydrogens (tertiary/aromatic N) is 3. The number of aliphatic imine (C=N–C) groups is 1. The third kappa shape index (κ3) is 2.10. The third-order valence-electron chi connectivity index (χ3n) is 2.00. The molecule has 0 bridgehead atoms.